The van der Waals surface area contributed by atoms with Crippen molar-refractivity contribution >= 4 is 0 Å². The Labute approximate surface area is 58.6 Å². The fourth-order valence-electron chi connectivity index (χ4n) is 0.906. The summed E-state index contributed by atoms with van der Waals surface area (Å²) in [4.78, 5) is 0. The van der Waals surface area contributed by atoms with Crippen LogP contribution in [0.2, 0.25) is 0 Å². The molecule has 0 amide bonds. The van der Waals surface area contributed by atoms with Crippen LogP contribution in [0.1, 0.15) is 11.3 Å². The van der Waals surface area contributed by atoms with Crippen LogP contribution >= 0.6 is 0 Å². The largest absolute Gasteiger partial charge is 0.326 e. The van der Waals surface area contributed by atoms with Crippen LogP contribution < -0.4 is 5.73 Å². The molecule has 0 aromatic carbocycles. The van der Waals surface area contributed by atoms with Gasteiger partial charge in [0.05, 0.1) is 5.69 Å². The molecule has 0 aliphatic heterocycles. The molecule has 0 unspecified atom stereocenters. The van der Waals surface area contributed by atoms with Gasteiger partial charge in [0, 0.05) is 19.2 Å². The second-order valence-electron chi connectivity index (χ2n) is 2.18. The average Bonchev–Trinajstić information content (AvgIpc) is 2.09. The Morgan fingerprint density at radius 2 is 2.30 bits per heavy atom. The van der Waals surface area contributed by atoms with Gasteiger partial charge in [-0.15, -0.1) is 0 Å². The number of hydrogen-bond donors (Lipinski definition) is 1. The third-order valence-electron chi connectivity index (χ3n) is 1.47. The van der Waals surface area contributed by atoms with Gasteiger partial charge in [0.25, 0.3) is 0 Å². The van der Waals surface area contributed by atoms with Crippen LogP contribution in [0.4, 0.5) is 4.39 Å². The maximum absolute atomic E-state index is 12.8. The van der Waals surface area contributed by atoms with E-state index in [2.05, 4.69) is 5.10 Å². The second kappa shape index (κ2) is 2.38. The van der Waals surface area contributed by atoms with Gasteiger partial charge in [-0.05, 0) is 6.92 Å². The lowest BCUT2D eigenvalue weighted by Gasteiger charge is -1.90. The fourth-order valence-corrected chi connectivity index (χ4v) is 0.906. The van der Waals surface area contributed by atoms with E-state index < -0.39 is 0 Å². The van der Waals surface area contributed by atoms with Crippen molar-refractivity contribution in [3.8, 4) is 0 Å². The fraction of sp³-hybridized carbons (Fsp3) is 0.500. The highest BCUT2D eigenvalue weighted by molar-refractivity contribution is 5.16. The third-order valence-corrected chi connectivity index (χ3v) is 1.47. The Balaban J connectivity index is 3.20. The normalized spacial score (nSPS) is 10.4. The molecule has 0 fully saturated rings. The van der Waals surface area contributed by atoms with Crippen LogP contribution in [0.5, 0.6) is 0 Å². The third kappa shape index (κ3) is 0.903. The SMILES string of the molecule is Cc1nn(C)c(F)c1CN. The summed E-state index contributed by atoms with van der Waals surface area (Å²) < 4.78 is 14.0. The highest BCUT2D eigenvalue weighted by Gasteiger charge is 2.09. The molecular formula is C6H10FN3. The summed E-state index contributed by atoms with van der Waals surface area (Å²) in [6, 6.07) is 0. The van der Waals surface area contributed by atoms with Gasteiger partial charge in [0.1, 0.15) is 0 Å². The molecule has 0 radical (unpaired) electrons. The number of nitrogens with two attached hydrogens (primary N) is 1. The van der Waals surface area contributed by atoms with Crippen LogP contribution in [0, 0.1) is 12.9 Å². The van der Waals surface area contributed by atoms with E-state index in [1.807, 2.05) is 0 Å². The van der Waals surface area contributed by atoms with Crippen molar-refractivity contribution in [2.45, 2.75) is 13.5 Å². The number of aromatic nitrogens is 2. The van der Waals surface area contributed by atoms with E-state index in [9.17, 15) is 4.39 Å². The van der Waals surface area contributed by atoms with E-state index in [0.29, 0.717) is 11.3 Å². The summed E-state index contributed by atoms with van der Waals surface area (Å²) in [7, 11) is 1.56. The Hall–Kier alpha value is -0.900. The minimum atomic E-state index is -0.333. The maximum atomic E-state index is 12.8. The first-order chi connectivity index (χ1) is 4.66. The van der Waals surface area contributed by atoms with Crippen molar-refractivity contribution in [1.29, 1.82) is 0 Å². The first-order valence-corrected chi connectivity index (χ1v) is 3.05. The quantitative estimate of drug-likeness (QED) is 0.615. The Bertz CT molecular complexity index is 241. The molecule has 0 aliphatic rings. The lowest BCUT2D eigenvalue weighted by atomic mass is 10.3. The Morgan fingerprint density at radius 3 is 2.50 bits per heavy atom. The second-order valence-corrected chi connectivity index (χ2v) is 2.18. The molecule has 0 saturated carbocycles. The van der Waals surface area contributed by atoms with Crippen LogP contribution in [0.3, 0.4) is 0 Å². The molecule has 1 heterocycles. The summed E-state index contributed by atoms with van der Waals surface area (Å²) in [5.74, 6) is -0.333. The van der Waals surface area contributed by atoms with E-state index in [1.165, 1.54) is 4.68 Å². The predicted molar refractivity (Wildman–Crippen MR) is 35.8 cm³/mol. The number of nitrogens with zero attached hydrogens (tertiary/aromatic N) is 2. The summed E-state index contributed by atoms with van der Waals surface area (Å²) >= 11 is 0. The average molecular weight is 143 g/mol. The zero-order chi connectivity index (χ0) is 7.72. The zero-order valence-corrected chi connectivity index (χ0v) is 6.06. The van der Waals surface area contributed by atoms with Gasteiger partial charge < -0.3 is 5.73 Å². The number of aryl methyl sites for hydroxylation is 2. The van der Waals surface area contributed by atoms with Gasteiger partial charge in [0.15, 0.2) is 0 Å². The van der Waals surface area contributed by atoms with Crippen LogP contribution in [0.25, 0.3) is 0 Å². The summed E-state index contributed by atoms with van der Waals surface area (Å²) in [5, 5.41) is 3.84. The highest BCUT2D eigenvalue weighted by atomic mass is 19.1. The molecule has 2 N–H and O–H groups in total. The topological polar surface area (TPSA) is 43.8 Å². The van der Waals surface area contributed by atoms with Gasteiger partial charge >= 0.3 is 0 Å². The predicted octanol–water partition coefficient (Wildman–Crippen LogP) is 0.326. The molecule has 0 saturated heterocycles. The van der Waals surface area contributed by atoms with Crippen molar-refractivity contribution < 1.29 is 4.39 Å². The molecule has 1 aromatic heterocycles. The summed E-state index contributed by atoms with van der Waals surface area (Å²) in [6.45, 7) is 1.96. The molecule has 0 aliphatic carbocycles. The zero-order valence-electron chi connectivity index (χ0n) is 6.06. The lowest BCUT2D eigenvalue weighted by Crippen LogP contribution is -2.00. The van der Waals surface area contributed by atoms with E-state index in [-0.39, 0.29) is 12.5 Å². The smallest absolute Gasteiger partial charge is 0.215 e. The number of halogens is 1. The molecule has 1 rings (SSSR count). The van der Waals surface area contributed by atoms with Crippen LogP contribution in [0.15, 0.2) is 0 Å². The van der Waals surface area contributed by atoms with E-state index >= 15 is 0 Å². The van der Waals surface area contributed by atoms with Gasteiger partial charge in [-0.25, -0.2) is 4.68 Å². The Kier molecular flexibility index (Phi) is 1.72. The van der Waals surface area contributed by atoms with Crippen molar-refractivity contribution in [1.82, 2.24) is 9.78 Å². The minimum absolute atomic E-state index is 0.214. The van der Waals surface area contributed by atoms with Crippen molar-refractivity contribution in [2.75, 3.05) is 0 Å². The van der Waals surface area contributed by atoms with Gasteiger partial charge in [-0.3, -0.25) is 0 Å². The molecular weight excluding hydrogens is 133 g/mol. The Morgan fingerprint density at radius 1 is 1.70 bits per heavy atom. The van der Waals surface area contributed by atoms with Gasteiger partial charge in [0.2, 0.25) is 5.95 Å². The number of hydrogen-bond acceptors (Lipinski definition) is 2. The molecule has 0 bridgehead atoms. The molecule has 0 atom stereocenters. The van der Waals surface area contributed by atoms with E-state index in [4.69, 9.17) is 5.73 Å². The molecule has 3 nitrogen and oxygen atoms in total. The standard InChI is InChI=1S/C6H10FN3/c1-4-5(3-8)6(7)10(2)9-4/h3,8H2,1-2H3. The lowest BCUT2D eigenvalue weighted by molar-refractivity contribution is 0.495. The molecule has 10 heavy (non-hydrogen) atoms. The summed E-state index contributed by atoms with van der Waals surface area (Å²) in [6.07, 6.45) is 0. The maximum Gasteiger partial charge on any atom is 0.215 e. The monoisotopic (exact) mass is 143 g/mol. The molecule has 1 aromatic rings. The van der Waals surface area contributed by atoms with E-state index in [1.54, 1.807) is 14.0 Å². The van der Waals surface area contributed by atoms with Crippen LogP contribution in [-0.2, 0) is 13.6 Å². The summed E-state index contributed by atoms with van der Waals surface area (Å²) in [5.41, 5.74) is 6.44. The minimum Gasteiger partial charge on any atom is -0.326 e. The first-order valence-electron chi connectivity index (χ1n) is 3.05. The van der Waals surface area contributed by atoms with Gasteiger partial charge in [-0.1, -0.05) is 0 Å². The first kappa shape index (κ1) is 7.21. The molecule has 4 heteroatoms. The van der Waals surface area contributed by atoms with Crippen LogP contribution in [-0.4, -0.2) is 9.78 Å². The van der Waals surface area contributed by atoms with Crippen molar-refractivity contribution in [2.24, 2.45) is 12.8 Å². The van der Waals surface area contributed by atoms with Crippen molar-refractivity contribution in [3.05, 3.63) is 17.2 Å². The van der Waals surface area contributed by atoms with E-state index in [0.717, 1.165) is 0 Å². The number of rotatable bonds is 1. The highest BCUT2D eigenvalue weighted by Crippen LogP contribution is 2.08. The van der Waals surface area contributed by atoms with Crippen molar-refractivity contribution in [3.63, 3.8) is 0 Å². The van der Waals surface area contributed by atoms with Gasteiger partial charge in [-0.2, -0.15) is 9.49 Å². The molecule has 56 valence electrons. The molecule has 0 spiro atoms.